The van der Waals surface area contributed by atoms with Gasteiger partial charge in [-0.25, -0.2) is 0 Å². The zero-order valence-corrected chi connectivity index (χ0v) is 34.2. The first-order valence-corrected chi connectivity index (χ1v) is 21.6. The number of esters is 2. The lowest BCUT2D eigenvalue weighted by Crippen LogP contribution is -2.28. The number of hydrogen-bond acceptors (Lipinski definition) is 5. The first kappa shape index (κ1) is 50.1. The minimum atomic E-state index is -0.790. The monoisotopic (exact) mass is 737 g/mol. The SMILES string of the molecule is CC/C=C\C/C=C\C/C=C\C/C=C\C/C=C\CCCCCCCC(=O)OC(CO)COC(=O)CCCCCCCCC/C=C\C/C=C\CCCCCC. The van der Waals surface area contributed by atoms with Gasteiger partial charge in [0.25, 0.3) is 0 Å². The molecule has 0 aromatic heterocycles. The van der Waals surface area contributed by atoms with E-state index in [1.165, 1.54) is 57.8 Å². The van der Waals surface area contributed by atoms with E-state index in [4.69, 9.17) is 9.47 Å². The normalized spacial score (nSPS) is 13.0. The van der Waals surface area contributed by atoms with Gasteiger partial charge in [0.2, 0.25) is 0 Å². The van der Waals surface area contributed by atoms with Crippen LogP contribution in [0.15, 0.2) is 85.1 Å². The van der Waals surface area contributed by atoms with E-state index in [1.807, 2.05) is 0 Å². The van der Waals surface area contributed by atoms with Gasteiger partial charge in [0, 0.05) is 12.8 Å². The van der Waals surface area contributed by atoms with Crippen LogP contribution in [0.4, 0.5) is 0 Å². The van der Waals surface area contributed by atoms with Crippen LogP contribution >= 0.6 is 0 Å². The molecule has 0 saturated carbocycles. The van der Waals surface area contributed by atoms with Crippen molar-refractivity contribution < 1.29 is 24.2 Å². The van der Waals surface area contributed by atoms with Gasteiger partial charge in [0.05, 0.1) is 6.61 Å². The van der Waals surface area contributed by atoms with Gasteiger partial charge >= 0.3 is 11.9 Å². The van der Waals surface area contributed by atoms with Gasteiger partial charge in [-0.2, -0.15) is 0 Å². The molecular formula is C48H80O5. The Labute approximate surface area is 326 Å². The summed E-state index contributed by atoms with van der Waals surface area (Å²) in [5.41, 5.74) is 0. The lowest BCUT2D eigenvalue weighted by atomic mass is 10.1. The Morgan fingerprint density at radius 2 is 0.811 bits per heavy atom. The number of ether oxygens (including phenoxy) is 2. The molecule has 0 aliphatic carbocycles. The Morgan fingerprint density at radius 1 is 0.453 bits per heavy atom. The van der Waals surface area contributed by atoms with Crippen molar-refractivity contribution in [3.05, 3.63) is 85.1 Å². The van der Waals surface area contributed by atoms with Crippen LogP contribution in [0.1, 0.15) is 187 Å². The van der Waals surface area contributed by atoms with Gasteiger partial charge in [0.15, 0.2) is 6.10 Å². The number of carbonyl (C=O) groups excluding carboxylic acids is 2. The van der Waals surface area contributed by atoms with Crippen molar-refractivity contribution in [2.24, 2.45) is 0 Å². The fourth-order valence-electron chi connectivity index (χ4n) is 5.67. The first-order chi connectivity index (χ1) is 26.1. The van der Waals surface area contributed by atoms with Crippen LogP contribution in [-0.4, -0.2) is 36.4 Å². The molecule has 0 aliphatic heterocycles. The standard InChI is InChI=1S/C48H80O5/c1-3-5-7-9-11-13-15-17-19-21-23-24-25-27-29-31-33-35-37-39-41-43-48(51)53-46(44-49)45-52-47(50)42-40-38-36-34-32-30-28-26-22-20-18-16-14-12-10-8-6-4-2/h5,7,11,13-14,16-17,19-20,22-24,27,29,46,49H,3-4,6,8-10,12,15,18,21,25-26,28,30-45H2,1-2H3/b7-5-,13-11-,16-14-,19-17-,22-20-,24-23-,29-27-. The number of rotatable bonds is 38. The molecule has 5 nitrogen and oxygen atoms in total. The Bertz CT molecular complexity index is 1010. The lowest BCUT2D eigenvalue weighted by Gasteiger charge is -2.15. The van der Waals surface area contributed by atoms with Crippen molar-refractivity contribution >= 4 is 11.9 Å². The van der Waals surface area contributed by atoms with Crippen LogP contribution in [-0.2, 0) is 19.1 Å². The Hall–Kier alpha value is -2.92. The van der Waals surface area contributed by atoms with Crippen LogP contribution in [0.3, 0.4) is 0 Å². The van der Waals surface area contributed by atoms with E-state index >= 15 is 0 Å². The molecule has 0 heterocycles. The van der Waals surface area contributed by atoms with Crippen molar-refractivity contribution in [3.8, 4) is 0 Å². The minimum Gasteiger partial charge on any atom is -0.462 e. The summed E-state index contributed by atoms with van der Waals surface area (Å²) in [5.74, 6) is -0.627. The molecule has 0 rings (SSSR count). The predicted octanol–water partition coefficient (Wildman–Crippen LogP) is 13.9. The molecule has 1 N–H and O–H groups in total. The third-order valence-electron chi connectivity index (χ3n) is 8.92. The van der Waals surface area contributed by atoms with Crippen molar-refractivity contribution in [1.82, 2.24) is 0 Å². The summed E-state index contributed by atoms with van der Waals surface area (Å²) in [5, 5.41) is 9.58. The maximum atomic E-state index is 12.2. The van der Waals surface area contributed by atoms with E-state index in [9.17, 15) is 14.7 Å². The molecule has 0 aliphatic rings. The molecule has 0 saturated heterocycles. The van der Waals surface area contributed by atoms with E-state index in [0.717, 1.165) is 103 Å². The van der Waals surface area contributed by atoms with Crippen LogP contribution in [0.5, 0.6) is 0 Å². The molecule has 0 radical (unpaired) electrons. The second kappa shape index (κ2) is 43.5. The van der Waals surface area contributed by atoms with Crippen LogP contribution in [0.25, 0.3) is 0 Å². The Morgan fingerprint density at radius 3 is 1.23 bits per heavy atom. The Balaban J connectivity index is 3.63. The molecule has 0 amide bonds. The Kier molecular flexibility index (Phi) is 41.1. The number of allylic oxidation sites excluding steroid dienone is 14. The lowest BCUT2D eigenvalue weighted by molar-refractivity contribution is -0.161. The van der Waals surface area contributed by atoms with E-state index in [2.05, 4.69) is 98.9 Å². The summed E-state index contributed by atoms with van der Waals surface area (Å²) in [4.78, 5) is 24.3. The van der Waals surface area contributed by atoms with E-state index < -0.39 is 6.10 Å². The highest BCUT2D eigenvalue weighted by molar-refractivity contribution is 5.70. The molecule has 302 valence electrons. The molecule has 0 aromatic carbocycles. The number of aliphatic hydroxyl groups excluding tert-OH is 1. The summed E-state index contributed by atoms with van der Waals surface area (Å²) in [6.45, 7) is 3.98. The van der Waals surface area contributed by atoms with Gasteiger partial charge in [-0.1, -0.05) is 170 Å². The zero-order valence-electron chi connectivity index (χ0n) is 34.2. The maximum absolute atomic E-state index is 12.2. The second-order valence-corrected chi connectivity index (χ2v) is 14.0. The van der Waals surface area contributed by atoms with Crippen molar-refractivity contribution in [1.29, 1.82) is 0 Å². The third-order valence-corrected chi connectivity index (χ3v) is 8.92. The molecule has 0 spiro atoms. The summed E-state index contributed by atoms with van der Waals surface area (Å²) >= 11 is 0. The number of carbonyl (C=O) groups is 2. The van der Waals surface area contributed by atoms with E-state index in [0.29, 0.717) is 12.8 Å². The number of hydrogen-bond donors (Lipinski definition) is 1. The number of aliphatic hydroxyl groups is 1. The fourth-order valence-corrected chi connectivity index (χ4v) is 5.67. The topological polar surface area (TPSA) is 72.8 Å². The maximum Gasteiger partial charge on any atom is 0.306 e. The first-order valence-electron chi connectivity index (χ1n) is 21.6. The molecule has 0 aromatic rings. The third kappa shape index (κ3) is 41.7. The largest absolute Gasteiger partial charge is 0.462 e. The second-order valence-electron chi connectivity index (χ2n) is 14.0. The van der Waals surface area contributed by atoms with Crippen LogP contribution in [0.2, 0.25) is 0 Å². The molecule has 53 heavy (non-hydrogen) atoms. The van der Waals surface area contributed by atoms with Crippen molar-refractivity contribution in [2.75, 3.05) is 13.2 Å². The van der Waals surface area contributed by atoms with Gasteiger partial charge < -0.3 is 14.6 Å². The van der Waals surface area contributed by atoms with Crippen LogP contribution < -0.4 is 0 Å². The summed E-state index contributed by atoms with van der Waals surface area (Å²) < 4.78 is 10.6. The molecule has 0 fully saturated rings. The van der Waals surface area contributed by atoms with Crippen molar-refractivity contribution in [3.63, 3.8) is 0 Å². The molecule has 0 bridgehead atoms. The fraction of sp³-hybridized carbons (Fsp3) is 0.667. The minimum absolute atomic E-state index is 0.0827. The molecule has 1 unspecified atom stereocenters. The predicted molar refractivity (Wildman–Crippen MR) is 228 cm³/mol. The quantitative estimate of drug-likeness (QED) is 0.0388. The summed E-state index contributed by atoms with van der Waals surface area (Å²) in [7, 11) is 0. The average molecular weight is 737 g/mol. The highest BCUT2D eigenvalue weighted by atomic mass is 16.6. The van der Waals surface area contributed by atoms with E-state index in [-0.39, 0.29) is 25.2 Å². The highest BCUT2D eigenvalue weighted by Crippen LogP contribution is 2.12. The van der Waals surface area contributed by atoms with Gasteiger partial charge in [-0.05, 0) is 89.9 Å². The van der Waals surface area contributed by atoms with Crippen LogP contribution in [0, 0.1) is 0 Å². The summed E-state index contributed by atoms with van der Waals surface area (Å²) in [6.07, 6.45) is 59.3. The smallest absolute Gasteiger partial charge is 0.306 e. The molecular weight excluding hydrogens is 657 g/mol. The van der Waals surface area contributed by atoms with Gasteiger partial charge in [-0.15, -0.1) is 0 Å². The van der Waals surface area contributed by atoms with Gasteiger partial charge in [-0.3, -0.25) is 9.59 Å². The summed E-state index contributed by atoms with van der Waals surface area (Å²) in [6, 6.07) is 0. The van der Waals surface area contributed by atoms with Gasteiger partial charge in [0.1, 0.15) is 6.61 Å². The van der Waals surface area contributed by atoms with Crippen molar-refractivity contribution in [2.45, 2.75) is 193 Å². The van der Waals surface area contributed by atoms with E-state index in [1.54, 1.807) is 0 Å². The number of unbranched alkanes of at least 4 members (excludes halogenated alkanes) is 16. The zero-order chi connectivity index (χ0) is 38.6. The highest BCUT2D eigenvalue weighted by Gasteiger charge is 2.16. The molecule has 1 atom stereocenters. The molecule has 5 heteroatoms. The average Bonchev–Trinajstić information content (AvgIpc) is 3.16.